The number of aliphatic imine (C=N–C) groups is 1. The van der Waals surface area contributed by atoms with Crippen molar-refractivity contribution >= 4 is 47.8 Å². The number of nitrogens with zero attached hydrogens (tertiary/aromatic N) is 3. The molecule has 0 bridgehead atoms. The van der Waals surface area contributed by atoms with Crippen molar-refractivity contribution in [1.82, 2.24) is 25.8 Å². The number of imide groups is 1. The number of hydrogen-bond donors (Lipinski definition) is 3. The second-order valence-corrected chi connectivity index (χ2v) is 7.72. The zero-order chi connectivity index (χ0) is 18.9. The summed E-state index contributed by atoms with van der Waals surface area (Å²) in [4.78, 5) is 43.7. The minimum atomic E-state index is -0.842. The lowest BCUT2D eigenvalue weighted by atomic mass is 9.79. The van der Waals surface area contributed by atoms with E-state index in [-0.39, 0.29) is 48.3 Å². The van der Waals surface area contributed by atoms with Gasteiger partial charge in [0.1, 0.15) is 12.1 Å². The molecule has 1 aliphatic carbocycles. The quantitative estimate of drug-likeness (QED) is 0.224. The predicted molar refractivity (Wildman–Crippen MR) is 112 cm³/mol. The summed E-state index contributed by atoms with van der Waals surface area (Å²) in [6, 6.07) is 0.0260. The molecule has 0 aromatic carbocycles. The standard InChI is InChI=1S/C17H28N6O3.HI/c1-17(14(25)20-16(26)21-17)11-6-8-23(9-7-11)15(19-12-4-5-12)18-10-13(24)22(2)3;/h11-12H,4-10H2,1-3H3,(H,18,19)(H2,20,21,25,26);1H. The van der Waals surface area contributed by atoms with E-state index < -0.39 is 11.6 Å². The summed E-state index contributed by atoms with van der Waals surface area (Å²) in [5.41, 5.74) is -0.842. The average Bonchev–Trinajstić information content (AvgIpc) is 3.37. The van der Waals surface area contributed by atoms with Crippen LogP contribution in [0.2, 0.25) is 0 Å². The van der Waals surface area contributed by atoms with Gasteiger partial charge in [-0.15, -0.1) is 24.0 Å². The molecule has 2 heterocycles. The van der Waals surface area contributed by atoms with Gasteiger partial charge >= 0.3 is 6.03 Å². The molecule has 9 nitrogen and oxygen atoms in total. The van der Waals surface area contributed by atoms with Gasteiger partial charge in [-0.3, -0.25) is 14.9 Å². The summed E-state index contributed by atoms with van der Waals surface area (Å²) in [5.74, 6) is 0.567. The van der Waals surface area contributed by atoms with Crippen LogP contribution in [0.3, 0.4) is 0 Å². The van der Waals surface area contributed by atoms with Gasteiger partial charge in [0, 0.05) is 33.2 Å². The first-order valence-corrected chi connectivity index (χ1v) is 9.19. The van der Waals surface area contributed by atoms with Crippen LogP contribution in [0.1, 0.15) is 32.6 Å². The Morgan fingerprint density at radius 2 is 1.89 bits per heavy atom. The van der Waals surface area contributed by atoms with E-state index in [9.17, 15) is 14.4 Å². The van der Waals surface area contributed by atoms with Gasteiger partial charge in [-0.05, 0) is 38.5 Å². The molecule has 3 aliphatic rings. The molecule has 3 N–H and O–H groups in total. The minimum absolute atomic E-state index is 0. The number of urea groups is 1. The highest BCUT2D eigenvalue weighted by atomic mass is 127. The summed E-state index contributed by atoms with van der Waals surface area (Å²) in [6.07, 6.45) is 3.80. The fourth-order valence-corrected chi connectivity index (χ4v) is 3.44. The fraction of sp³-hybridized carbons (Fsp3) is 0.765. The summed E-state index contributed by atoms with van der Waals surface area (Å²) in [5, 5.41) is 8.53. The molecule has 0 aromatic rings. The number of rotatable bonds is 4. The van der Waals surface area contributed by atoms with E-state index in [1.54, 1.807) is 21.0 Å². The zero-order valence-corrected chi connectivity index (χ0v) is 18.4. The summed E-state index contributed by atoms with van der Waals surface area (Å²) >= 11 is 0. The Bertz CT molecular complexity index is 628. The third-order valence-electron chi connectivity index (χ3n) is 5.46. The number of likely N-dealkylation sites (N-methyl/N-ethyl adjacent to an activating group) is 1. The summed E-state index contributed by atoms with van der Waals surface area (Å²) < 4.78 is 0. The number of hydrogen-bond acceptors (Lipinski definition) is 4. The van der Waals surface area contributed by atoms with Gasteiger partial charge in [-0.2, -0.15) is 0 Å². The number of guanidine groups is 1. The van der Waals surface area contributed by atoms with Gasteiger partial charge in [0.05, 0.1) is 0 Å². The number of amides is 4. The molecular weight excluding hydrogens is 463 g/mol. The zero-order valence-electron chi connectivity index (χ0n) is 16.1. The minimum Gasteiger partial charge on any atom is -0.353 e. The average molecular weight is 492 g/mol. The second kappa shape index (κ2) is 8.61. The Morgan fingerprint density at radius 1 is 1.26 bits per heavy atom. The lowest BCUT2D eigenvalue weighted by Crippen LogP contribution is -2.55. The topological polar surface area (TPSA) is 106 Å². The Balaban J connectivity index is 0.00000261. The molecule has 10 heteroatoms. The van der Waals surface area contributed by atoms with Crippen LogP contribution < -0.4 is 16.0 Å². The van der Waals surface area contributed by atoms with Crippen molar-refractivity contribution in [3.63, 3.8) is 0 Å². The smallest absolute Gasteiger partial charge is 0.322 e. The number of halogens is 1. The van der Waals surface area contributed by atoms with Crippen LogP contribution in [0.5, 0.6) is 0 Å². The van der Waals surface area contributed by atoms with E-state index in [1.165, 1.54) is 4.90 Å². The van der Waals surface area contributed by atoms with Gasteiger partial charge in [0.2, 0.25) is 5.91 Å². The second-order valence-electron chi connectivity index (χ2n) is 7.72. The lowest BCUT2D eigenvalue weighted by Gasteiger charge is -2.39. The van der Waals surface area contributed by atoms with E-state index in [1.807, 2.05) is 0 Å². The number of likely N-dealkylation sites (tertiary alicyclic amines) is 1. The van der Waals surface area contributed by atoms with Crippen LogP contribution in [0.4, 0.5) is 4.79 Å². The van der Waals surface area contributed by atoms with Crippen molar-refractivity contribution in [3.8, 4) is 0 Å². The van der Waals surface area contributed by atoms with Gasteiger partial charge in [-0.25, -0.2) is 9.79 Å². The third kappa shape index (κ3) is 5.02. The molecule has 4 amide bonds. The van der Waals surface area contributed by atoms with E-state index in [0.717, 1.165) is 44.7 Å². The monoisotopic (exact) mass is 492 g/mol. The van der Waals surface area contributed by atoms with Crippen molar-refractivity contribution in [1.29, 1.82) is 0 Å². The highest BCUT2D eigenvalue weighted by Gasteiger charge is 2.48. The van der Waals surface area contributed by atoms with E-state index in [0.29, 0.717) is 6.04 Å². The molecule has 3 fully saturated rings. The third-order valence-corrected chi connectivity index (χ3v) is 5.46. The normalized spacial score (nSPS) is 26.2. The Hall–Kier alpha value is -1.59. The number of carbonyl (C=O) groups excluding carboxylic acids is 3. The van der Waals surface area contributed by atoms with Crippen LogP contribution in [0, 0.1) is 5.92 Å². The van der Waals surface area contributed by atoms with Gasteiger partial charge in [0.25, 0.3) is 5.91 Å². The molecule has 0 aromatic heterocycles. The van der Waals surface area contributed by atoms with Crippen molar-refractivity contribution < 1.29 is 14.4 Å². The Labute approximate surface area is 176 Å². The number of carbonyl (C=O) groups is 3. The molecule has 27 heavy (non-hydrogen) atoms. The highest BCUT2D eigenvalue weighted by Crippen LogP contribution is 2.31. The molecule has 152 valence electrons. The molecule has 2 aliphatic heterocycles. The fourth-order valence-electron chi connectivity index (χ4n) is 3.44. The molecule has 1 unspecified atom stereocenters. The molecule has 1 saturated carbocycles. The largest absolute Gasteiger partial charge is 0.353 e. The maximum Gasteiger partial charge on any atom is 0.322 e. The lowest BCUT2D eigenvalue weighted by molar-refractivity contribution is -0.127. The van der Waals surface area contributed by atoms with Crippen molar-refractivity contribution in [3.05, 3.63) is 0 Å². The van der Waals surface area contributed by atoms with Gasteiger partial charge < -0.3 is 20.4 Å². The van der Waals surface area contributed by atoms with Gasteiger partial charge in [0.15, 0.2) is 5.96 Å². The molecule has 0 spiro atoms. The molecule has 2 saturated heterocycles. The maximum absolute atomic E-state index is 12.1. The first kappa shape index (κ1) is 21.7. The first-order valence-electron chi connectivity index (χ1n) is 9.19. The highest BCUT2D eigenvalue weighted by molar-refractivity contribution is 14.0. The van der Waals surface area contributed by atoms with Crippen LogP contribution in [-0.2, 0) is 9.59 Å². The van der Waals surface area contributed by atoms with Crippen LogP contribution >= 0.6 is 24.0 Å². The van der Waals surface area contributed by atoms with Crippen molar-refractivity contribution in [2.45, 2.75) is 44.2 Å². The molecule has 3 rings (SSSR count). The van der Waals surface area contributed by atoms with E-state index in [2.05, 4.69) is 25.8 Å². The van der Waals surface area contributed by atoms with E-state index in [4.69, 9.17) is 0 Å². The summed E-state index contributed by atoms with van der Waals surface area (Å²) in [6.45, 7) is 3.38. The summed E-state index contributed by atoms with van der Waals surface area (Å²) in [7, 11) is 3.44. The Morgan fingerprint density at radius 3 is 2.37 bits per heavy atom. The van der Waals surface area contributed by atoms with Crippen LogP contribution in [0.15, 0.2) is 4.99 Å². The Kier molecular flexibility index (Phi) is 6.92. The predicted octanol–water partition coefficient (Wildman–Crippen LogP) is 0.111. The van der Waals surface area contributed by atoms with Crippen LogP contribution in [0.25, 0.3) is 0 Å². The molecular formula is C17H29IN6O3. The number of nitrogens with one attached hydrogen (secondary N) is 3. The molecule has 0 radical (unpaired) electrons. The molecule has 1 atom stereocenters. The van der Waals surface area contributed by atoms with Gasteiger partial charge in [-0.1, -0.05) is 0 Å². The van der Waals surface area contributed by atoms with Crippen LogP contribution in [-0.4, -0.2) is 78.9 Å². The number of piperidine rings is 1. The SMILES string of the molecule is CN(C)C(=O)CN=C(NC1CC1)N1CCC(C2(C)NC(=O)NC2=O)CC1.I. The van der Waals surface area contributed by atoms with E-state index >= 15 is 0 Å². The van der Waals surface area contributed by atoms with Crippen molar-refractivity contribution in [2.24, 2.45) is 10.9 Å². The first-order chi connectivity index (χ1) is 12.3. The maximum atomic E-state index is 12.1. The van der Waals surface area contributed by atoms with Crippen molar-refractivity contribution in [2.75, 3.05) is 33.7 Å².